The van der Waals surface area contributed by atoms with Gasteiger partial charge in [0.15, 0.2) is 0 Å². The minimum Gasteiger partial charge on any atom is -0.486 e. The minimum absolute atomic E-state index is 0.0175. The summed E-state index contributed by atoms with van der Waals surface area (Å²) in [4.78, 5) is 0. The first-order chi connectivity index (χ1) is 8.67. The van der Waals surface area contributed by atoms with Crippen LogP contribution in [0.4, 0.5) is 0 Å². The van der Waals surface area contributed by atoms with Crippen LogP contribution in [0.15, 0.2) is 18.2 Å². The SMILES string of the molecule is CCOC[C@@H](CCNC)Oc1ccc(Cl)cc1Cl. The molecule has 0 fully saturated rings. The van der Waals surface area contributed by atoms with E-state index in [0.29, 0.717) is 29.0 Å². The molecule has 1 aromatic rings. The third-order valence-electron chi connectivity index (χ3n) is 2.41. The molecule has 0 aliphatic heterocycles. The largest absolute Gasteiger partial charge is 0.486 e. The lowest BCUT2D eigenvalue weighted by molar-refractivity contribution is 0.0526. The van der Waals surface area contributed by atoms with Crippen molar-refractivity contribution in [1.82, 2.24) is 5.32 Å². The molecule has 0 aromatic heterocycles. The summed E-state index contributed by atoms with van der Waals surface area (Å²) in [5.74, 6) is 0.641. The highest BCUT2D eigenvalue weighted by Gasteiger charge is 2.12. The molecule has 0 saturated carbocycles. The third kappa shape index (κ3) is 5.44. The van der Waals surface area contributed by atoms with Crippen LogP contribution >= 0.6 is 23.2 Å². The average molecular weight is 292 g/mol. The second kappa shape index (κ2) is 8.59. The molecular weight excluding hydrogens is 273 g/mol. The molecule has 1 N–H and O–H groups in total. The Bertz CT molecular complexity index is 353. The molecule has 0 spiro atoms. The zero-order valence-corrected chi connectivity index (χ0v) is 12.2. The van der Waals surface area contributed by atoms with Gasteiger partial charge in [0.2, 0.25) is 0 Å². The predicted octanol–water partition coefficient (Wildman–Crippen LogP) is 3.39. The van der Waals surface area contributed by atoms with Crippen LogP contribution in [0.5, 0.6) is 5.75 Å². The molecule has 0 aliphatic rings. The smallest absolute Gasteiger partial charge is 0.138 e. The van der Waals surface area contributed by atoms with Crippen LogP contribution < -0.4 is 10.1 Å². The Balaban J connectivity index is 2.62. The van der Waals surface area contributed by atoms with Gasteiger partial charge in [-0.25, -0.2) is 0 Å². The molecular formula is C13H19Cl2NO2. The Labute approximate surface area is 118 Å². The van der Waals surface area contributed by atoms with Gasteiger partial charge in [-0.3, -0.25) is 0 Å². The summed E-state index contributed by atoms with van der Waals surface area (Å²) in [5, 5.41) is 4.22. The summed E-state index contributed by atoms with van der Waals surface area (Å²) < 4.78 is 11.3. The molecule has 3 nitrogen and oxygen atoms in total. The molecule has 0 unspecified atom stereocenters. The van der Waals surface area contributed by atoms with Crippen molar-refractivity contribution < 1.29 is 9.47 Å². The molecule has 1 atom stereocenters. The first-order valence-electron chi connectivity index (χ1n) is 6.01. The minimum atomic E-state index is -0.0175. The van der Waals surface area contributed by atoms with E-state index in [-0.39, 0.29) is 6.10 Å². The Morgan fingerprint density at radius 1 is 1.33 bits per heavy atom. The van der Waals surface area contributed by atoms with Crippen LogP contribution in [0.3, 0.4) is 0 Å². The standard InChI is InChI=1S/C13H19Cl2NO2/c1-3-17-9-11(6-7-16-2)18-13-5-4-10(14)8-12(13)15/h4-5,8,11,16H,3,6-7,9H2,1-2H3/t11-/m1/s1. The highest BCUT2D eigenvalue weighted by molar-refractivity contribution is 6.35. The Kier molecular flexibility index (Phi) is 7.44. The lowest BCUT2D eigenvalue weighted by Crippen LogP contribution is -2.27. The van der Waals surface area contributed by atoms with E-state index in [0.717, 1.165) is 13.0 Å². The highest BCUT2D eigenvalue weighted by atomic mass is 35.5. The molecule has 0 amide bonds. The number of benzene rings is 1. The maximum Gasteiger partial charge on any atom is 0.138 e. The van der Waals surface area contributed by atoms with Gasteiger partial charge in [0.05, 0.1) is 11.6 Å². The van der Waals surface area contributed by atoms with Crippen LogP contribution in [0.2, 0.25) is 10.0 Å². The number of nitrogens with one attached hydrogen (secondary N) is 1. The van der Waals surface area contributed by atoms with E-state index in [1.807, 2.05) is 14.0 Å². The zero-order chi connectivity index (χ0) is 13.4. The van der Waals surface area contributed by atoms with Crippen LogP contribution in [0, 0.1) is 0 Å². The van der Waals surface area contributed by atoms with Crippen molar-refractivity contribution in [3.05, 3.63) is 28.2 Å². The van der Waals surface area contributed by atoms with Crippen molar-refractivity contribution in [3.63, 3.8) is 0 Å². The maximum atomic E-state index is 6.08. The molecule has 1 aromatic carbocycles. The van der Waals surface area contributed by atoms with E-state index >= 15 is 0 Å². The first kappa shape index (κ1) is 15.6. The lowest BCUT2D eigenvalue weighted by Gasteiger charge is -2.19. The van der Waals surface area contributed by atoms with Gasteiger partial charge in [-0.1, -0.05) is 23.2 Å². The predicted molar refractivity (Wildman–Crippen MR) is 75.9 cm³/mol. The van der Waals surface area contributed by atoms with E-state index in [2.05, 4.69) is 5.32 Å². The van der Waals surface area contributed by atoms with Gasteiger partial charge in [0, 0.05) is 11.6 Å². The molecule has 0 saturated heterocycles. The maximum absolute atomic E-state index is 6.08. The van der Waals surface area contributed by atoms with Crippen molar-refractivity contribution >= 4 is 23.2 Å². The molecule has 18 heavy (non-hydrogen) atoms. The monoisotopic (exact) mass is 291 g/mol. The van der Waals surface area contributed by atoms with Gasteiger partial charge in [0.1, 0.15) is 11.9 Å². The van der Waals surface area contributed by atoms with Crippen molar-refractivity contribution in [3.8, 4) is 5.75 Å². The van der Waals surface area contributed by atoms with Gasteiger partial charge < -0.3 is 14.8 Å². The molecule has 102 valence electrons. The van der Waals surface area contributed by atoms with E-state index in [4.69, 9.17) is 32.7 Å². The molecule has 0 aliphatic carbocycles. The van der Waals surface area contributed by atoms with Crippen molar-refractivity contribution in [2.75, 3.05) is 26.8 Å². The summed E-state index contributed by atoms with van der Waals surface area (Å²) in [5.41, 5.74) is 0. The summed E-state index contributed by atoms with van der Waals surface area (Å²) in [6.45, 7) is 4.05. The van der Waals surface area contributed by atoms with Gasteiger partial charge in [-0.15, -0.1) is 0 Å². The van der Waals surface area contributed by atoms with Crippen LogP contribution in [0.25, 0.3) is 0 Å². The summed E-state index contributed by atoms with van der Waals surface area (Å²) in [6.07, 6.45) is 0.839. The molecule has 0 bridgehead atoms. The molecule has 0 radical (unpaired) electrons. The third-order valence-corrected chi connectivity index (χ3v) is 2.94. The van der Waals surface area contributed by atoms with Gasteiger partial charge >= 0.3 is 0 Å². The number of hydrogen-bond acceptors (Lipinski definition) is 3. The first-order valence-corrected chi connectivity index (χ1v) is 6.77. The number of ether oxygens (including phenoxy) is 2. The van der Waals surface area contributed by atoms with Crippen molar-refractivity contribution in [1.29, 1.82) is 0 Å². The van der Waals surface area contributed by atoms with E-state index in [1.54, 1.807) is 18.2 Å². The summed E-state index contributed by atoms with van der Waals surface area (Å²) in [6, 6.07) is 5.22. The van der Waals surface area contributed by atoms with Crippen molar-refractivity contribution in [2.45, 2.75) is 19.4 Å². The van der Waals surface area contributed by atoms with Crippen molar-refractivity contribution in [2.24, 2.45) is 0 Å². The topological polar surface area (TPSA) is 30.5 Å². The fourth-order valence-electron chi connectivity index (χ4n) is 1.48. The number of rotatable bonds is 8. The summed E-state index contributed by atoms with van der Waals surface area (Å²) in [7, 11) is 1.91. The Hall–Kier alpha value is -0.480. The second-order valence-electron chi connectivity index (χ2n) is 3.87. The van der Waals surface area contributed by atoms with Gasteiger partial charge in [-0.2, -0.15) is 0 Å². The van der Waals surface area contributed by atoms with Gasteiger partial charge in [0.25, 0.3) is 0 Å². The van der Waals surface area contributed by atoms with E-state index < -0.39 is 0 Å². The molecule has 5 heteroatoms. The normalized spacial score (nSPS) is 12.4. The quantitative estimate of drug-likeness (QED) is 0.796. The average Bonchev–Trinajstić information content (AvgIpc) is 2.35. The van der Waals surface area contributed by atoms with Crippen LogP contribution in [-0.4, -0.2) is 32.9 Å². The number of hydrogen-bond donors (Lipinski definition) is 1. The number of halogens is 2. The molecule has 0 heterocycles. The molecule has 1 rings (SSSR count). The van der Waals surface area contributed by atoms with Crippen LogP contribution in [-0.2, 0) is 4.74 Å². The Morgan fingerprint density at radius 2 is 2.11 bits per heavy atom. The Morgan fingerprint density at radius 3 is 2.72 bits per heavy atom. The van der Waals surface area contributed by atoms with Gasteiger partial charge in [-0.05, 0) is 45.1 Å². The highest BCUT2D eigenvalue weighted by Crippen LogP contribution is 2.28. The van der Waals surface area contributed by atoms with Crippen LogP contribution in [0.1, 0.15) is 13.3 Å². The fraction of sp³-hybridized carbons (Fsp3) is 0.538. The van der Waals surface area contributed by atoms with E-state index in [1.165, 1.54) is 0 Å². The lowest BCUT2D eigenvalue weighted by atomic mass is 10.2. The summed E-state index contributed by atoms with van der Waals surface area (Å²) >= 11 is 11.9. The fourth-order valence-corrected chi connectivity index (χ4v) is 1.93. The zero-order valence-electron chi connectivity index (χ0n) is 10.7. The second-order valence-corrected chi connectivity index (χ2v) is 4.71. The van der Waals surface area contributed by atoms with E-state index in [9.17, 15) is 0 Å².